The van der Waals surface area contributed by atoms with Crippen LogP contribution in [0.4, 0.5) is 10.8 Å². The van der Waals surface area contributed by atoms with E-state index < -0.39 is 10.8 Å². The predicted molar refractivity (Wildman–Crippen MR) is 111 cm³/mol. The maximum Gasteiger partial charge on any atom is 0.270 e. The van der Waals surface area contributed by atoms with Gasteiger partial charge in [-0.2, -0.15) is 0 Å². The Kier molecular flexibility index (Phi) is 6.81. The third-order valence-electron chi connectivity index (χ3n) is 4.85. The van der Waals surface area contributed by atoms with Crippen LogP contribution in [0.25, 0.3) is 0 Å². The SMILES string of the molecule is Cc1csc(NC(=O)CN(C(=O)c2ccc([N+](=O)[O-])cc2Cl)C2CCCCC2)n1. The van der Waals surface area contributed by atoms with E-state index in [4.69, 9.17) is 11.6 Å². The molecule has 0 atom stereocenters. The van der Waals surface area contributed by atoms with Gasteiger partial charge < -0.3 is 10.2 Å². The van der Waals surface area contributed by atoms with Crippen molar-refractivity contribution in [2.75, 3.05) is 11.9 Å². The molecule has 2 aromatic rings. The Balaban J connectivity index is 1.81. The lowest BCUT2D eigenvalue weighted by atomic mass is 9.93. The number of nitro benzene ring substituents is 1. The Morgan fingerprint density at radius 2 is 2.07 bits per heavy atom. The first-order valence-corrected chi connectivity index (χ1v) is 10.6. The van der Waals surface area contributed by atoms with E-state index in [0.717, 1.165) is 43.9 Å². The Bertz CT molecular complexity index is 927. The number of carbonyl (C=O) groups excluding carboxylic acids is 2. The highest BCUT2D eigenvalue weighted by molar-refractivity contribution is 7.13. The fourth-order valence-electron chi connectivity index (χ4n) is 3.43. The van der Waals surface area contributed by atoms with E-state index in [1.807, 2.05) is 12.3 Å². The van der Waals surface area contributed by atoms with Crippen molar-refractivity contribution in [2.24, 2.45) is 0 Å². The third-order valence-corrected chi connectivity index (χ3v) is 6.04. The topological polar surface area (TPSA) is 105 Å². The van der Waals surface area contributed by atoms with Crippen LogP contribution in [0.2, 0.25) is 5.02 Å². The number of hydrogen-bond acceptors (Lipinski definition) is 6. The number of anilines is 1. The summed E-state index contributed by atoms with van der Waals surface area (Å²) in [6, 6.07) is 3.68. The zero-order valence-corrected chi connectivity index (χ0v) is 17.5. The number of non-ortho nitro benzene ring substituents is 1. The first-order chi connectivity index (χ1) is 13.8. The van der Waals surface area contributed by atoms with E-state index in [-0.39, 0.29) is 34.8 Å². The van der Waals surface area contributed by atoms with Gasteiger partial charge in [0.25, 0.3) is 11.6 Å². The number of benzene rings is 1. The highest BCUT2D eigenvalue weighted by Gasteiger charge is 2.30. The number of halogens is 1. The van der Waals surface area contributed by atoms with Gasteiger partial charge in [0.2, 0.25) is 5.91 Å². The molecule has 0 saturated heterocycles. The van der Waals surface area contributed by atoms with Gasteiger partial charge in [-0.25, -0.2) is 4.98 Å². The van der Waals surface area contributed by atoms with Gasteiger partial charge in [0.05, 0.1) is 21.2 Å². The summed E-state index contributed by atoms with van der Waals surface area (Å²) >= 11 is 7.48. The van der Waals surface area contributed by atoms with Crippen LogP contribution < -0.4 is 5.32 Å². The lowest BCUT2D eigenvalue weighted by Gasteiger charge is -2.34. The maximum atomic E-state index is 13.2. The van der Waals surface area contributed by atoms with Gasteiger partial charge in [0.15, 0.2) is 5.13 Å². The molecule has 1 aliphatic carbocycles. The average Bonchev–Trinajstić information content (AvgIpc) is 3.10. The van der Waals surface area contributed by atoms with Crippen LogP contribution in [0, 0.1) is 17.0 Å². The molecule has 0 aliphatic heterocycles. The summed E-state index contributed by atoms with van der Waals surface area (Å²) < 4.78 is 0. The number of carbonyl (C=O) groups is 2. The van der Waals surface area contributed by atoms with Gasteiger partial charge in [0, 0.05) is 23.6 Å². The maximum absolute atomic E-state index is 13.2. The molecule has 2 amide bonds. The van der Waals surface area contributed by atoms with Crippen molar-refractivity contribution in [2.45, 2.75) is 45.1 Å². The second kappa shape index (κ2) is 9.32. The average molecular weight is 437 g/mol. The summed E-state index contributed by atoms with van der Waals surface area (Å²) in [5.41, 5.74) is 0.775. The molecule has 10 heteroatoms. The molecule has 0 unspecified atom stereocenters. The largest absolute Gasteiger partial charge is 0.326 e. The van der Waals surface area contributed by atoms with E-state index in [9.17, 15) is 19.7 Å². The van der Waals surface area contributed by atoms with E-state index in [1.54, 1.807) is 0 Å². The van der Waals surface area contributed by atoms with E-state index in [1.165, 1.54) is 28.4 Å². The van der Waals surface area contributed by atoms with Crippen LogP contribution in [0.1, 0.15) is 48.2 Å². The Hall–Kier alpha value is -2.52. The molecule has 0 radical (unpaired) electrons. The molecule has 29 heavy (non-hydrogen) atoms. The summed E-state index contributed by atoms with van der Waals surface area (Å²) in [5.74, 6) is -0.737. The molecule has 1 aliphatic rings. The molecule has 154 valence electrons. The molecule has 0 spiro atoms. The molecular weight excluding hydrogens is 416 g/mol. The number of aryl methyl sites for hydroxylation is 1. The van der Waals surface area contributed by atoms with E-state index >= 15 is 0 Å². The van der Waals surface area contributed by atoms with Crippen LogP contribution >= 0.6 is 22.9 Å². The van der Waals surface area contributed by atoms with Gasteiger partial charge >= 0.3 is 0 Å². The van der Waals surface area contributed by atoms with Crippen molar-refractivity contribution in [3.63, 3.8) is 0 Å². The van der Waals surface area contributed by atoms with Crippen molar-refractivity contribution in [1.82, 2.24) is 9.88 Å². The van der Waals surface area contributed by atoms with Crippen molar-refractivity contribution >= 4 is 45.6 Å². The molecule has 1 aromatic carbocycles. The lowest BCUT2D eigenvalue weighted by molar-refractivity contribution is -0.384. The predicted octanol–water partition coefficient (Wildman–Crippen LogP) is 4.43. The Morgan fingerprint density at radius 3 is 2.66 bits per heavy atom. The van der Waals surface area contributed by atoms with Crippen LogP contribution in [0.3, 0.4) is 0 Å². The quantitative estimate of drug-likeness (QED) is 0.532. The number of amides is 2. The highest BCUT2D eigenvalue weighted by atomic mass is 35.5. The number of nitrogens with zero attached hydrogens (tertiary/aromatic N) is 3. The monoisotopic (exact) mass is 436 g/mol. The second-order valence-electron chi connectivity index (χ2n) is 6.99. The fourth-order valence-corrected chi connectivity index (χ4v) is 4.39. The third kappa shape index (κ3) is 5.30. The number of nitrogens with one attached hydrogen (secondary N) is 1. The van der Waals surface area contributed by atoms with Gasteiger partial charge in [-0.1, -0.05) is 30.9 Å². The van der Waals surface area contributed by atoms with Crippen LogP contribution in [-0.2, 0) is 4.79 Å². The summed E-state index contributed by atoms with van der Waals surface area (Å²) in [4.78, 5) is 41.9. The van der Waals surface area contributed by atoms with Crippen molar-refractivity contribution in [3.05, 3.63) is 50.0 Å². The molecule has 1 heterocycles. The molecule has 1 N–H and O–H groups in total. The lowest BCUT2D eigenvalue weighted by Crippen LogP contribution is -2.45. The minimum atomic E-state index is -0.567. The normalized spacial score (nSPS) is 14.4. The van der Waals surface area contributed by atoms with Crippen LogP contribution in [0.5, 0.6) is 0 Å². The number of hydrogen-bond donors (Lipinski definition) is 1. The first-order valence-electron chi connectivity index (χ1n) is 9.32. The fraction of sp³-hybridized carbons (Fsp3) is 0.421. The van der Waals surface area contributed by atoms with Gasteiger partial charge in [-0.05, 0) is 25.8 Å². The van der Waals surface area contributed by atoms with Crippen molar-refractivity contribution in [3.8, 4) is 0 Å². The van der Waals surface area contributed by atoms with E-state index in [0.29, 0.717) is 5.13 Å². The van der Waals surface area contributed by atoms with Gasteiger partial charge in [-0.15, -0.1) is 11.3 Å². The molecule has 3 rings (SSSR count). The minimum Gasteiger partial charge on any atom is -0.326 e. The van der Waals surface area contributed by atoms with E-state index in [2.05, 4.69) is 10.3 Å². The van der Waals surface area contributed by atoms with Gasteiger partial charge in [-0.3, -0.25) is 19.7 Å². The molecule has 8 nitrogen and oxygen atoms in total. The minimum absolute atomic E-state index is 0.000894. The summed E-state index contributed by atoms with van der Waals surface area (Å²) in [7, 11) is 0. The van der Waals surface area contributed by atoms with Crippen molar-refractivity contribution < 1.29 is 14.5 Å². The molecule has 1 fully saturated rings. The first kappa shape index (κ1) is 21.2. The molecule has 1 aromatic heterocycles. The Labute approximate surface area is 177 Å². The smallest absolute Gasteiger partial charge is 0.270 e. The Morgan fingerprint density at radius 1 is 1.34 bits per heavy atom. The molecule has 0 bridgehead atoms. The van der Waals surface area contributed by atoms with Crippen LogP contribution in [0.15, 0.2) is 23.6 Å². The molecular formula is C19H21ClN4O4S. The highest BCUT2D eigenvalue weighted by Crippen LogP contribution is 2.28. The zero-order valence-electron chi connectivity index (χ0n) is 15.9. The number of aromatic nitrogens is 1. The standard InChI is InChI=1S/C19H21ClN4O4S/c1-12-11-29-19(21-12)22-17(25)10-23(13-5-3-2-4-6-13)18(26)15-8-7-14(24(27)28)9-16(15)20/h7-9,11,13H,2-6,10H2,1H3,(H,21,22,25). The molecule has 1 saturated carbocycles. The number of nitro groups is 1. The summed E-state index contributed by atoms with van der Waals surface area (Å²) in [6.07, 6.45) is 4.67. The number of rotatable bonds is 6. The summed E-state index contributed by atoms with van der Waals surface area (Å²) in [5, 5.41) is 16.0. The van der Waals surface area contributed by atoms with Crippen LogP contribution in [-0.4, -0.2) is 39.2 Å². The van der Waals surface area contributed by atoms with Crippen molar-refractivity contribution in [1.29, 1.82) is 0 Å². The summed E-state index contributed by atoms with van der Waals surface area (Å²) in [6.45, 7) is 1.70. The van der Waals surface area contributed by atoms with Gasteiger partial charge in [0.1, 0.15) is 6.54 Å². The second-order valence-corrected chi connectivity index (χ2v) is 8.25. The number of thiazole rings is 1. The zero-order chi connectivity index (χ0) is 21.0.